The van der Waals surface area contributed by atoms with E-state index in [1.807, 2.05) is 30.5 Å². The number of hydrogen-bond acceptors (Lipinski definition) is 4. The molecule has 0 aliphatic heterocycles. The van der Waals surface area contributed by atoms with Crippen molar-refractivity contribution in [3.63, 3.8) is 0 Å². The molecule has 1 heterocycles. The van der Waals surface area contributed by atoms with Gasteiger partial charge >= 0.3 is 6.03 Å². The van der Waals surface area contributed by atoms with Crippen molar-refractivity contribution in [2.45, 2.75) is 19.5 Å². The molecule has 0 aliphatic carbocycles. The smallest absolute Gasteiger partial charge is 0.315 e. The molecule has 5 nitrogen and oxygen atoms in total. The molecule has 2 aromatic rings. The molecule has 0 spiro atoms. The number of benzene rings is 1. The molecule has 1 unspecified atom stereocenters. The van der Waals surface area contributed by atoms with Crippen LogP contribution in [0.25, 0.3) is 0 Å². The summed E-state index contributed by atoms with van der Waals surface area (Å²) in [5, 5.41) is 7.74. The third kappa shape index (κ3) is 4.87. The van der Waals surface area contributed by atoms with Crippen LogP contribution in [0, 0.1) is 0 Å². The van der Waals surface area contributed by atoms with Gasteiger partial charge in [0.05, 0.1) is 26.8 Å². The molecule has 0 radical (unpaired) electrons. The molecule has 2 amide bonds. The minimum absolute atomic E-state index is 0.189. The number of thiophene rings is 1. The van der Waals surface area contributed by atoms with E-state index in [1.54, 1.807) is 31.6 Å². The zero-order valence-electron chi connectivity index (χ0n) is 13.2. The van der Waals surface area contributed by atoms with Crippen molar-refractivity contribution < 1.29 is 14.3 Å². The second kappa shape index (κ2) is 8.21. The number of carbonyl (C=O) groups is 1. The van der Waals surface area contributed by atoms with Gasteiger partial charge in [-0.15, -0.1) is 11.3 Å². The Morgan fingerprint density at radius 3 is 2.70 bits per heavy atom. The molecule has 124 valence electrons. The first kappa shape index (κ1) is 17.6. The first-order valence-electron chi connectivity index (χ1n) is 7.02. The number of amides is 2. The van der Waals surface area contributed by atoms with E-state index in [-0.39, 0.29) is 12.1 Å². The monoisotopic (exact) mass is 398 g/mol. The molecule has 23 heavy (non-hydrogen) atoms. The van der Waals surface area contributed by atoms with Gasteiger partial charge in [-0.2, -0.15) is 0 Å². The molecule has 7 heteroatoms. The summed E-state index contributed by atoms with van der Waals surface area (Å²) in [5.74, 6) is 1.39. The zero-order chi connectivity index (χ0) is 16.8. The number of rotatable bonds is 6. The predicted octanol–water partition coefficient (Wildman–Crippen LogP) is 4.09. The van der Waals surface area contributed by atoms with Gasteiger partial charge < -0.3 is 20.1 Å². The van der Waals surface area contributed by atoms with Crippen LogP contribution in [0.4, 0.5) is 4.79 Å². The van der Waals surface area contributed by atoms with Crippen LogP contribution in [0.1, 0.15) is 23.4 Å². The average molecular weight is 399 g/mol. The Bertz CT molecular complexity index is 675. The summed E-state index contributed by atoms with van der Waals surface area (Å²) >= 11 is 4.99. The van der Waals surface area contributed by atoms with E-state index in [0.717, 1.165) is 14.9 Å². The summed E-state index contributed by atoms with van der Waals surface area (Å²) in [6.45, 7) is 2.40. The maximum absolute atomic E-state index is 12.0. The van der Waals surface area contributed by atoms with E-state index in [1.165, 1.54) is 0 Å². The van der Waals surface area contributed by atoms with Gasteiger partial charge in [-0.1, -0.05) is 0 Å². The van der Waals surface area contributed by atoms with E-state index in [2.05, 4.69) is 26.6 Å². The number of carbonyl (C=O) groups excluding carboxylic acids is 1. The Morgan fingerprint density at radius 2 is 2.09 bits per heavy atom. The molecule has 2 N–H and O–H groups in total. The van der Waals surface area contributed by atoms with Gasteiger partial charge in [-0.25, -0.2) is 4.79 Å². The van der Waals surface area contributed by atoms with E-state index >= 15 is 0 Å². The summed E-state index contributed by atoms with van der Waals surface area (Å²) in [5.41, 5.74) is 0.891. The van der Waals surface area contributed by atoms with Crippen LogP contribution in [0.15, 0.2) is 34.1 Å². The van der Waals surface area contributed by atoms with Crippen molar-refractivity contribution in [3.05, 3.63) is 44.6 Å². The van der Waals surface area contributed by atoms with E-state index in [9.17, 15) is 4.79 Å². The van der Waals surface area contributed by atoms with E-state index < -0.39 is 0 Å². The normalized spacial score (nSPS) is 11.7. The predicted molar refractivity (Wildman–Crippen MR) is 95.4 cm³/mol. The Hall–Kier alpha value is -1.73. The van der Waals surface area contributed by atoms with Crippen molar-refractivity contribution in [2.75, 3.05) is 14.2 Å². The van der Waals surface area contributed by atoms with Gasteiger partial charge in [-0.3, -0.25) is 0 Å². The molecule has 0 aliphatic rings. The Labute approximate surface area is 148 Å². The minimum Gasteiger partial charge on any atom is -0.497 e. The van der Waals surface area contributed by atoms with Crippen molar-refractivity contribution in [2.24, 2.45) is 0 Å². The molecule has 0 bridgehead atoms. The number of hydrogen-bond donors (Lipinski definition) is 2. The van der Waals surface area contributed by atoms with Crippen molar-refractivity contribution in [1.82, 2.24) is 10.6 Å². The summed E-state index contributed by atoms with van der Waals surface area (Å²) in [6.07, 6.45) is 0. The van der Waals surface area contributed by atoms with Crippen molar-refractivity contribution in [1.29, 1.82) is 0 Å². The van der Waals surface area contributed by atoms with Crippen LogP contribution in [0.3, 0.4) is 0 Å². The van der Waals surface area contributed by atoms with Crippen LogP contribution in [-0.4, -0.2) is 20.3 Å². The third-order valence-corrected chi connectivity index (χ3v) is 5.00. The first-order valence-corrected chi connectivity index (χ1v) is 8.70. The highest BCUT2D eigenvalue weighted by atomic mass is 79.9. The molecule has 1 atom stereocenters. The van der Waals surface area contributed by atoms with Crippen molar-refractivity contribution >= 4 is 33.3 Å². The average Bonchev–Trinajstić information content (AvgIpc) is 2.97. The fraction of sp³-hybridized carbons (Fsp3) is 0.312. The van der Waals surface area contributed by atoms with E-state index in [0.29, 0.717) is 18.0 Å². The topological polar surface area (TPSA) is 59.6 Å². The summed E-state index contributed by atoms with van der Waals surface area (Å²) in [7, 11) is 3.20. The molecule has 0 saturated carbocycles. The summed E-state index contributed by atoms with van der Waals surface area (Å²) in [6, 6.07) is 7.11. The molecule has 1 aromatic carbocycles. The maximum Gasteiger partial charge on any atom is 0.315 e. The van der Waals surface area contributed by atoms with Gasteiger partial charge in [0.25, 0.3) is 0 Å². The SMILES string of the molecule is COc1ccc(C(C)NC(=O)NCc2cc(Br)cs2)c(OC)c1. The van der Waals surface area contributed by atoms with Crippen LogP contribution >= 0.6 is 27.3 Å². The molecule has 1 aromatic heterocycles. The highest BCUT2D eigenvalue weighted by Crippen LogP contribution is 2.29. The molecule has 0 fully saturated rings. The van der Waals surface area contributed by atoms with Crippen LogP contribution < -0.4 is 20.1 Å². The molecular weight excluding hydrogens is 380 g/mol. The van der Waals surface area contributed by atoms with Crippen LogP contribution in [0.5, 0.6) is 11.5 Å². The third-order valence-electron chi connectivity index (χ3n) is 3.30. The second-order valence-corrected chi connectivity index (χ2v) is 6.80. The van der Waals surface area contributed by atoms with Crippen molar-refractivity contribution in [3.8, 4) is 11.5 Å². The number of halogens is 1. The largest absolute Gasteiger partial charge is 0.497 e. The first-order chi connectivity index (χ1) is 11.0. The Kier molecular flexibility index (Phi) is 6.29. The summed E-state index contributed by atoms with van der Waals surface area (Å²) in [4.78, 5) is 13.1. The number of nitrogens with one attached hydrogen (secondary N) is 2. The second-order valence-electron chi connectivity index (χ2n) is 4.89. The molecular formula is C16H19BrN2O3S. The fourth-order valence-electron chi connectivity index (χ4n) is 2.12. The number of urea groups is 1. The maximum atomic E-state index is 12.0. The zero-order valence-corrected chi connectivity index (χ0v) is 15.6. The van der Waals surface area contributed by atoms with Crippen LogP contribution in [0.2, 0.25) is 0 Å². The standard InChI is InChI=1S/C16H19BrN2O3S/c1-10(14-5-4-12(21-2)7-15(14)22-3)19-16(20)18-8-13-6-11(17)9-23-13/h4-7,9-10H,8H2,1-3H3,(H2,18,19,20). The Balaban J connectivity index is 1.95. The minimum atomic E-state index is -0.222. The number of methoxy groups -OCH3 is 2. The highest BCUT2D eigenvalue weighted by molar-refractivity contribution is 9.10. The lowest BCUT2D eigenvalue weighted by Crippen LogP contribution is -2.36. The van der Waals surface area contributed by atoms with Gasteiger partial charge in [0.1, 0.15) is 11.5 Å². The van der Waals surface area contributed by atoms with Gasteiger partial charge in [0.2, 0.25) is 0 Å². The molecule has 0 saturated heterocycles. The Morgan fingerprint density at radius 1 is 1.30 bits per heavy atom. The van der Waals surface area contributed by atoms with Gasteiger partial charge in [0, 0.05) is 26.4 Å². The fourth-order valence-corrected chi connectivity index (χ4v) is 3.51. The lowest BCUT2D eigenvalue weighted by Gasteiger charge is -2.18. The van der Waals surface area contributed by atoms with Gasteiger partial charge in [0.15, 0.2) is 0 Å². The van der Waals surface area contributed by atoms with E-state index in [4.69, 9.17) is 9.47 Å². The lowest BCUT2D eigenvalue weighted by molar-refractivity contribution is 0.237. The lowest BCUT2D eigenvalue weighted by atomic mass is 10.1. The van der Waals surface area contributed by atoms with Gasteiger partial charge in [-0.05, 0) is 41.1 Å². The summed E-state index contributed by atoms with van der Waals surface area (Å²) < 4.78 is 11.6. The highest BCUT2D eigenvalue weighted by Gasteiger charge is 2.15. The quantitative estimate of drug-likeness (QED) is 0.770. The number of ether oxygens (including phenoxy) is 2. The molecule has 2 rings (SSSR count). The van der Waals surface area contributed by atoms with Crippen LogP contribution in [-0.2, 0) is 6.54 Å².